The highest BCUT2D eigenvalue weighted by atomic mass is 16.3. The second kappa shape index (κ2) is 6.55. The number of hydrogen-bond acceptors (Lipinski definition) is 3. The first-order valence-electron chi connectivity index (χ1n) is 8.76. The minimum Gasteiger partial charge on any atom is -0.388 e. The molecule has 1 aromatic rings. The van der Waals surface area contributed by atoms with Crippen molar-refractivity contribution >= 4 is 17.5 Å². The third-order valence-electron chi connectivity index (χ3n) is 4.91. The second-order valence-corrected chi connectivity index (χ2v) is 7.54. The molecule has 1 unspecified atom stereocenters. The number of amides is 2. The van der Waals surface area contributed by atoms with Gasteiger partial charge in [0.2, 0.25) is 11.8 Å². The van der Waals surface area contributed by atoms with E-state index >= 15 is 0 Å². The highest BCUT2D eigenvalue weighted by molar-refractivity contribution is 5.94. The van der Waals surface area contributed by atoms with Crippen LogP contribution in [0.15, 0.2) is 24.3 Å². The van der Waals surface area contributed by atoms with Gasteiger partial charge in [-0.05, 0) is 57.2 Å². The number of rotatable bonds is 5. The first-order valence-corrected chi connectivity index (χ1v) is 8.76. The highest BCUT2D eigenvalue weighted by Gasteiger charge is 2.38. The van der Waals surface area contributed by atoms with Gasteiger partial charge in [0.15, 0.2) is 0 Å². The molecule has 0 aromatic heterocycles. The van der Waals surface area contributed by atoms with Gasteiger partial charge < -0.3 is 15.3 Å². The van der Waals surface area contributed by atoms with Crippen LogP contribution in [0, 0.1) is 5.92 Å². The van der Waals surface area contributed by atoms with Crippen LogP contribution in [-0.4, -0.2) is 40.0 Å². The van der Waals surface area contributed by atoms with E-state index in [4.69, 9.17) is 0 Å². The smallest absolute Gasteiger partial charge is 0.227 e. The number of likely N-dealkylation sites (tertiary alicyclic amines) is 1. The molecule has 2 N–H and O–H groups in total. The minimum atomic E-state index is -0.872. The molecule has 0 spiro atoms. The van der Waals surface area contributed by atoms with Gasteiger partial charge in [0.25, 0.3) is 0 Å². The van der Waals surface area contributed by atoms with Crippen LogP contribution in [0.5, 0.6) is 0 Å². The van der Waals surface area contributed by atoms with Gasteiger partial charge in [0, 0.05) is 18.2 Å². The SMILES string of the molecule is CC(C)(O)C1CCCN1C(=O)Cc1ccc(NC(=O)C2CC2)cc1. The number of benzene rings is 1. The van der Waals surface area contributed by atoms with E-state index in [0.29, 0.717) is 13.0 Å². The van der Waals surface area contributed by atoms with Gasteiger partial charge in [-0.2, -0.15) is 0 Å². The zero-order chi connectivity index (χ0) is 17.3. The fourth-order valence-electron chi connectivity index (χ4n) is 3.37. The summed E-state index contributed by atoms with van der Waals surface area (Å²) in [6, 6.07) is 7.35. The molecule has 2 fully saturated rings. The van der Waals surface area contributed by atoms with Crippen molar-refractivity contribution < 1.29 is 14.7 Å². The molecule has 1 aliphatic heterocycles. The Morgan fingerprint density at radius 3 is 2.46 bits per heavy atom. The Morgan fingerprint density at radius 1 is 1.21 bits per heavy atom. The molecule has 130 valence electrons. The third-order valence-corrected chi connectivity index (χ3v) is 4.91. The second-order valence-electron chi connectivity index (χ2n) is 7.54. The Kier molecular flexibility index (Phi) is 4.63. The van der Waals surface area contributed by atoms with Crippen molar-refractivity contribution in [1.82, 2.24) is 4.90 Å². The molecule has 1 aromatic carbocycles. The van der Waals surface area contributed by atoms with Crippen molar-refractivity contribution in [3.05, 3.63) is 29.8 Å². The summed E-state index contributed by atoms with van der Waals surface area (Å²) in [7, 11) is 0. The fourth-order valence-corrected chi connectivity index (χ4v) is 3.37. The molecule has 0 bridgehead atoms. The number of carbonyl (C=O) groups is 2. The number of carbonyl (C=O) groups excluding carboxylic acids is 2. The van der Waals surface area contributed by atoms with Gasteiger partial charge in [-0.3, -0.25) is 9.59 Å². The molecule has 5 heteroatoms. The predicted molar refractivity (Wildman–Crippen MR) is 92.5 cm³/mol. The van der Waals surface area contributed by atoms with Crippen LogP contribution in [0.4, 0.5) is 5.69 Å². The monoisotopic (exact) mass is 330 g/mol. The summed E-state index contributed by atoms with van der Waals surface area (Å²) >= 11 is 0. The molecule has 1 atom stereocenters. The molecule has 1 saturated heterocycles. The Labute approximate surface area is 143 Å². The minimum absolute atomic E-state index is 0.0504. The molecule has 1 saturated carbocycles. The van der Waals surface area contributed by atoms with Crippen LogP contribution in [0.1, 0.15) is 45.1 Å². The lowest BCUT2D eigenvalue weighted by Crippen LogP contribution is -2.48. The van der Waals surface area contributed by atoms with E-state index in [2.05, 4.69) is 5.32 Å². The van der Waals surface area contributed by atoms with Crippen molar-refractivity contribution in [1.29, 1.82) is 0 Å². The predicted octanol–water partition coefficient (Wildman–Crippen LogP) is 2.34. The first-order chi connectivity index (χ1) is 11.3. The van der Waals surface area contributed by atoms with Crippen LogP contribution in [-0.2, 0) is 16.0 Å². The maximum atomic E-state index is 12.6. The van der Waals surface area contributed by atoms with Crippen molar-refractivity contribution in [2.45, 2.75) is 57.6 Å². The van der Waals surface area contributed by atoms with Crippen molar-refractivity contribution in [3.63, 3.8) is 0 Å². The largest absolute Gasteiger partial charge is 0.388 e. The van der Waals surface area contributed by atoms with Gasteiger partial charge in [0.05, 0.1) is 18.1 Å². The van der Waals surface area contributed by atoms with Gasteiger partial charge in [0.1, 0.15) is 0 Å². The quantitative estimate of drug-likeness (QED) is 0.870. The summed E-state index contributed by atoms with van der Waals surface area (Å²) in [5.74, 6) is 0.318. The maximum absolute atomic E-state index is 12.6. The molecule has 1 aliphatic carbocycles. The Bertz CT molecular complexity index is 614. The van der Waals surface area contributed by atoms with Crippen molar-refractivity contribution in [2.75, 3.05) is 11.9 Å². The van der Waals surface area contributed by atoms with Crippen molar-refractivity contribution in [3.8, 4) is 0 Å². The topological polar surface area (TPSA) is 69.6 Å². The average molecular weight is 330 g/mol. The number of aliphatic hydroxyl groups is 1. The van der Waals surface area contributed by atoms with Crippen molar-refractivity contribution in [2.24, 2.45) is 5.92 Å². The molecule has 5 nitrogen and oxygen atoms in total. The molecular weight excluding hydrogens is 304 g/mol. The van der Waals surface area contributed by atoms with Crippen LogP contribution in [0.25, 0.3) is 0 Å². The lowest BCUT2D eigenvalue weighted by molar-refractivity contribution is -0.135. The zero-order valence-corrected chi connectivity index (χ0v) is 14.4. The molecule has 0 radical (unpaired) electrons. The molecule has 3 rings (SSSR count). The van der Waals surface area contributed by atoms with E-state index in [9.17, 15) is 14.7 Å². The summed E-state index contributed by atoms with van der Waals surface area (Å²) in [5, 5.41) is 13.1. The van der Waals surface area contributed by atoms with Gasteiger partial charge >= 0.3 is 0 Å². The fraction of sp³-hybridized carbons (Fsp3) is 0.579. The lowest BCUT2D eigenvalue weighted by Gasteiger charge is -2.34. The molecule has 1 heterocycles. The third kappa shape index (κ3) is 3.96. The number of nitrogens with one attached hydrogen (secondary N) is 1. The zero-order valence-electron chi connectivity index (χ0n) is 14.4. The first kappa shape index (κ1) is 17.0. The Morgan fingerprint density at radius 2 is 1.88 bits per heavy atom. The summed E-state index contributed by atoms with van der Waals surface area (Å²) in [5.41, 5.74) is 0.827. The summed E-state index contributed by atoms with van der Waals surface area (Å²) in [6.45, 7) is 4.24. The van der Waals surface area contributed by atoms with Gasteiger partial charge in [-0.1, -0.05) is 12.1 Å². The standard InChI is InChI=1S/C19H26N2O3/c1-19(2,24)16-4-3-11-21(16)17(22)12-13-5-9-15(10-6-13)20-18(23)14-7-8-14/h5-6,9-10,14,16,24H,3-4,7-8,11-12H2,1-2H3,(H,20,23). The Hall–Kier alpha value is -1.88. The summed E-state index contributed by atoms with van der Waals surface area (Å²) in [4.78, 5) is 26.1. The Balaban J connectivity index is 1.59. The normalized spacial score (nSPS) is 21.0. The van der Waals surface area contributed by atoms with Crippen LogP contribution in [0.2, 0.25) is 0 Å². The van der Waals surface area contributed by atoms with E-state index in [0.717, 1.165) is 36.9 Å². The molecule has 2 amide bonds. The number of nitrogens with zero attached hydrogens (tertiary/aromatic N) is 1. The summed E-state index contributed by atoms with van der Waals surface area (Å²) in [6.07, 6.45) is 4.07. The maximum Gasteiger partial charge on any atom is 0.227 e. The van der Waals surface area contributed by atoms with E-state index in [1.165, 1.54) is 0 Å². The summed E-state index contributed by atoms with van der Waals surface area (Å²) < 4.78 is 0. The highest BCUT2D eigenvalue weighted by Crippen LogP contribution is 2.30. The lowest BCUT2D eigenvalue weighted by atomic mass is 9.96. The molecule has 24 heavy (non-hydrogen) atoms. The van der Waals surface area contributed by atoms with Crippen LogP contribution >= 0.6 is 0 Å². The van der Waals surface area contributed by atoms with Crippen LogP contribution < -0.4 is 5.32 Å². The van der Waals surface area contributed by atoms with Gasteiger partial charge in [-0.25, -0.2) is 0 Å². The average Bonchev–Trinajstić information content (AvgIpc) is 3.24. The van der Waals surface area contributed by atoms with E-state index in [1.807, 2.05) is 29.2 Å². The van der Waals surface area contributed by atoms with Gasteiger partial charge in [-0.15, -0.1) is 0 Å². The molecular formula is C19H26N2O3. The van der Waals surface area contributed by atoms with Crippen LogP contribution in [0.3, 0.4) is 0 Å². The number of anilines is 1. The van der Waals surface area contributed by atoms with E-state index in [1.54, 1.807) is 13.8 Å². The van der Waals surface area contributed by atoms with E-state index in [-0.39, 0.29) is 23.8 Å². The van der Waals surface area contributed by atoms with E-state index < -0.39 is 5.60 Å². The molecule has 2 aliphatic rings. The number of hydrogen-bond donors (Lipinski definition) is 2.